The molecule has 0 unspecified atom stereocenters. The Morgan fingerprint density at radius 2 is 1.82 bits per heavy atom. The topological polar surface area (TPSA) is 50.7 Å². The SMILES string of the molecule is COc1ccccc1/C=C1\SC(=Nc2ccccc2)NC1=O. The molecule has 1 amide bonds. The first-order valence-corrected chi connectivity index (χ1v) is 7.55. The number of nitrogens with zero attached hydrogens (tertiary/aromatic N) is 1. The van der Waals surface area contributed by atoms with Gasteiger partial charge in [0.2, 0.25) is 0 Å². The van der Waals surface area contributed by atoms with Crippen molar-refractivity contribution < 1.29 is 9.53 Å². The van der Waals surface area contributed by atoms with Crippen LogP contribution in [0.15, 0.2) is 64.5 Å². The molecule has 0 bridgehead atoms. The number of hydrogen-bond donors (Lipinski definition) is 1. The van der Waals surface area contributed by atoms with Crippen molar-refractivity contribution in [1.82, 2.24) is 5.32 Å². The van der Waals surface area contributed by atoms with Crippen molar-refractivity contribution in [2.45, 2.75) is 0 Å². The molecule has 2 aromatic rings. The Bertz CT molecular complexity index is 754. The molecule has 3 rings (SSSR count). The van der Waals surface area contributed by atoms with Gasteiger partial charge in [0.15, 0.2) is 5.17 Å². The average molecular weight is 310 g/mol. The van der Waals surface area contributed by atoms with Crippen molar-refractivity contribution in [3.63, 3.8) is 0 Å². The summed E-state index contributed by atoms with van der Waals surface area (Å²) in [6.07, 6.45) is 1.81. The number of carbonyl (C=O) groups is 1. The van der Waals surface area contributed by atoms with Gasteiger partial charge in [-0.25, -0.2) is 4.99 Å². The third kappa shape index (κ3) is 3.20. The highest BCUT2D eigenvalue weighted by molar-refractivity contribution is 8.18. The van der Waals surface area contributed by atoms with Crippen LogP contribution in [0.2, 0.25) is 0 Å². The lowest BCUT2D eigenvalue weighted by atomic mass is 10.2. The van der Waals surface area contributed by atoms with Crippen LogP contribution in [0, 0.1) is 0 Å². The molecule has 1 saturated heterocycles. The van der Waals surface area contributed by atoms with Crippen LogP contribution in [0.5, 0.6) is 5.75 Å². The summed E-state index contributed by atoms with van der Waals surface area (Å²) < 4.78 is 5.30. The molecule has 22 heavy (non-hydrogen) atoms. The summed E-state index contributed by atoms with van der Waals surface area (Å²) >= 11 is 1.32. The highest BCUT2D eigenvalue weighted by atomic mass is 32.2. The minimum atomic E-state index is -0.148. The number of aliphatic imine (C=N–C) groups is 1. The zero-order valence-corrected chi connectivity index (χ0v) is 12.8. The van der Waals surface area contributed by atoms with E-state index in [0.717, 1.165) is 17.0 Å². The molecule has 2 aromatic carbocycles. The first-order chi connectivity index (χ1) is 10.8. The maximum absolute atomic E-state index is 12.1. The number of ether oxygens (including phenoxy) is 1. The van der Waals surface area contributed by atoms with E-state index in [2.05, 4.69) is 10.3 Å². The molecule has 1 aliphatic rings. The van der Waals surface area contributed by atoms with Gasteiger partial charge in [0, 0.05) is 5.56 Å². The lowest BCUT2D eigenvalue weighted by Crippen LogP contribution is -2.19. The third-order valence-electron chi connectivity index (χ3n) is 3.06. The first-order valence-electron chi connectivity index (χ1n) is 6.74. The molecule has 0 spiro atoms. The number of para-hydroxylation sites is 2. The lowest BCUT2D eigenvalue weighted by Gasteiger charge is -2.03. The van der Waals surface area contributed by atoms with Crippen molar-refractivity contribution in [3.8, 4) is 5.75 Å². The second kappa shape index (κ2) is 6.49. The summed E-state index contributed by atoms with van der Waals surface area (Å²) in [5.74, 6) is 0.586. The van der Waals surface area contributed by atoms with Crippen molar-refractivity contribution in [1.29, 1.82) is 0 Å². The van der Waals surface area contributed by atoms with Gasteiger partial charge in [0.25, 0.3) is 5.91 Å². The van der Waals surface area contributed by atoms with Crippen LogP contribution in [0.1, 0.15) is 5.56 Å². The van der Waals surface area contributed by atoms with E-state index in [-0.39, 0.29) is 5.91 Å². The lowest BCUT2D eigenvalue weighted by molar-refractivity contribution is -0.115. The molecule has 1 aliphatic heterocycles. The Kier molecular flexibility index (Phi) is 4.25. The molecule has 0 saturated carbocycles. The third-order valence-corrected chi connectivity index (χ3v) is 3.97. The molecule has 5 heteroatoms. The summed E-state index contributed by atoms with van der Waals surface area (Å²) in [5, 5.41) is 3.36. The van der Waals surface area contributed by atoms with Crippen LogP contribution in [-0.2, 0) is 4.79 Å². The molecule has 1 N–H and O–H groups in total. The minimum Gasteiger partial charge on any atom is -0.496 e. The number of hydrogen-bond acceptors (Lipinski definition) is 4. The molecule has 1 heterocycles. The Balaban J connectivity index is 1.86. The van der Waals surface area contributed by atoms with Crippen molar-refractivity contribution in [2.75, 3.05) is 7.11 Å². The molecule has 0 radical (unpaired) electrons. The van der Waals surface area contributed by atoms with E-state index in [0.29, 0.717) is 10.1 Å². The average Bonchev–Trinajstić information content (AvgIpc) is 2.88. The molecular formula is C17H14N2O2S. The Labute approximate surface area is 132 Å². The summed E-state index contributed by atoms with van der Waals surface area (Å²) in [6, 6.07) is 17.1. The number of thioether (sulfide) groups is 1. The maximum atomic E-state index is 12.1. The van der Waals surface area contributed by atoms with E-state index in [1.54, 1.807) is 7.11 Å². The molecule has 0 aliphatic carbocycles. The van der Waals surface area contributed by atoms with E-state index in [1.807, 2.05) is 60.7 Å². The highest BCUT2D eigenvalue weighted by Gasteiger charge is 2.24. The van der Waals surface area contributed by atoms with Crippen LogP contribution in [0.25, 0.3) is 6.08 Å². The van der Waals surface area contributed by atoms with Gasteiger partial charge in [0.05, 0.1) is 17.7 Å². The normalized spacial score (nSPS) is 17.8. The van der Waals surface area contributed by atoms with Crippen LogP contribution in [0.4, 0.5) is 5.69 Å². The van der Waals surface area contributed by atoms with Gasteiger partial charge in [-0.1, -0.05) is 36.4 Å². The number of carbonyl (C=O) groups excluding carboxylic acids is 1. The zero-order chi connectivity index (χ0) is 15.4. The molecule has 1 fully saturated rings. The van der Waals surface area contributed by atoms with E-state index in [4.69, 9.17) is 4.74 Å². The van der Waals surface area contributed by atoms with Crippen molar-refractivity contribution in [3.05, 3.63) is 65.1 Å². The zero-order valence-electron chi connectivity index (χ0n) is 11.9. The number of nitrogens with one attached hydrogen (secondary N) is 1. The van der Waals surface area contributed by atoms with E-state index < -0.39 is 0 Å². The van der Waals surface area contributed by atoms with Gasteiger partial charge >= 0.3 is 0 Å². The van der Waals surface area contributed by atoms with Crippen molar-refractivity contribution in [2.24, 2.45) is 4.99 Å². The van der Waals surface area contributed by atoms with Gasteiger partial charge in [-0.05, 0) is 36.0 Å². The maximum Gasteiger partial charge on any atom is 0.264 e. The number of benzene rings is 2. The highest BCUT2D eigenvalue weighted by Crippen LogP contribution is 2.30. The first kappa shape index (κ1) is 14.4. The standard InChI is InChI=1S/C17H14N2O2S/c1-21-14-10-6-5-7-12(14)11-15-16(20)19-17(22-15)18-13-8-3-2-4-9-13/h2-11H,1H3,(H,18,19,20)/b15-11-. The van der Waals surface area contributed by atoms with E-state index in [9.17, 15) is 4.79 Å². The van der Waals surface area contributed by atoms with Crippen molar-refractivity contribution >= 4 is 34.6 Å². The predicted octanol–water partition coefficient (Wildman–Crippen LogP) is 3.59. The molecule has 0 aromatic heterocycles. The van der Waals surface area contributed by atoms with Gasteiger partial charge in [-0.15, -0.1) is 0 Å². The van der Waals surface area contributed by atoms with Gasteiger partial charge in [-0.3, -0.25) is 4.79 Å². The number of amides is 1. The summed E-state index contributed by atoms with van der Waals surface area (Å²) in [7, 11) is 1.61. The monoisotopic (exact) mass is 310 g/mol. The molecule has 4 nitrogen and oxygen atoms in total. The predicted molar refractivity (Wildman–Crippen MR) is 90.2 cm³/mol. The van der Waals surface area contributed by atoms with Crippen LogP contribution >= 0.6 is 11.8 Å². The fourth-order valence-electron chi connectivity index (χ4n) is 2.03. The fraction of sp³-hybridized carbons (Fsp3) is 0.0588. The van der Waals surface area contributed by atoms with Gasteiger partial charge < -0.3 is 10.1 Å². The smallest absolute Gasteiger partial charge is 0.264 e. The molecular weight excluding hydrogens is 296 g/mol. The fourth-order valence-corrected chi connectivity index (χ4v) is 2.86. The second-order valence-corrected chi connectivity index (χ2v) is 5.59. The van der Waals surface area contributed by atoms with Gasteiger partial charge in [-0.2, -0.15) is 0 Å². The molecule has 110 valence electrons. The number of methoxy groups -OCH3 is 1. The van der Waals surface area contributed by atoms with Crippen LogP contribution in [-0.4, -0.2) is 18.2 Å². The quantitative estimate of drug-likeness (QED) is 0.882. The Hall–Kier alpha value is -2.53. The summed E-state index contributed by atoms with van der Waals surface area (Å²) in [5.41, 5.74) is 1.67. The van der Waals surface area contributed by atoms with Gasteiger partial charge in [0.1, 0.15) is 5.75 Å². The largest absolute Gasteiger partial charge is 0.496 e. The summed E-state index contributed by atoms with van der Waals surface area (Å²) in [4.78, 5) is 17.1. The Morgan fingerprint density at radius 1 is 1.09 bits per heavy atom. The molecule has 0 atom stereocenters. The van der Waals surface area contributed by atoms with E-state index >= 15 is 0 Å². The number of amidine groups is 1. The van der Waals surface area contributed by atoms with Crippen LogP contribution < -0.4 is 10.1 Å². The second-order valence-electron chi connectivity index (χ2n) is 4.56. The summed E-state index contributed by atoms with van der Waals surface area (Å²) in [6.45, 7) is 0. The van der Waals surface area contributed by atoms with E-state index in [1.165, 1.54) is 11.8 Å². The number of rotatable bonds is 3. The minimum absolute atomic E-state index is 0.148. The Morgan fingerprint density at radius 3 is 2.59 bits per heavy atom. The van der Waals surface area contributed by atoms with Crippen LogP contribution in [0.3, 0.4) is 0 Å².